The third kappa shape index (κ3) is 3.38. The second-order valence-corrected chi connectivity index (χ2v) is 3.97. The van der Waals surface area contributed by atoms with Crippen LogP contribution in [0.15, 0.2) is 30.6 Å². The Morgan fingerprint density at radius 1 is 1.05 bits per heavy atom. The number of methoxy groups -OCH3 is 3. The van der Waals surface area contributed by atoms with Gasteiger partial charge in [0, 0.05) is 12.1 Å². The maximum absolute atomic E-state index is 12.2. The Morgan fingerprint density at radius 3 is 2.52 bits per heavy atom. The van der Waals surface area contributed by atoms with Gasteiger partial charge in [0.05, 0.1) is 27.0 Å². The number of nitrogens with zero attached hydrogens (tertiary/aromatic N) is 2. The van der Waals surface area contributed by atoms with E-state index in [-0.39, 0.29) is 5.69 Å². The average Bonchev–Trinajstić information content (AvgIpc) is 2.54. The highest BCUT2D eigenvalue weighted by atomic mass is 16.5. The van der Waals surface area contributed by atoms with E-state index in [1.807, 2.05) is 0 Å². The van der Waals surface area contributed by atoms with E-state index in [0.29, 0.717) is 23.1 Å². The molecule has 0 saturated carbocycles. The SMILES string of the molecule is COc1ccc(OC)c(NC(=O)c2cc(OC)ncn2)c1. The van der Waals surface area contributed by atoms with Crippen molar-refractivity contribution in [2.45, 2.75) is 0 Å². The van der Waals surface area contributed by atoms with Gasteiger partial charge in [0.1, 0.15) is 23.5 Å². The molecule has 7 heteroatoms. The number of anilines is 1. The molecule has 0 aliphatic rings. The Hall–Kier alpha value is -2.83. The summed E-state index contributed by atoms with van der Waals surface area (Å²) in [6.45, 7) is 0. The number of carbonyl (C=O) groups is 1. The van der Waals surface area contributed by atoms with Crippen LogP contribution in [0.3, 0.4) is 0 Å². The molecule has 0 fully saturated rings. The van der Waals surface area contributed by atoms with Gasteiger partial charge >= 0.3 is 0 Å². The van der Waals surface area contributed by atoms with Gasteiger partial charge in [-0.25, -0.2) is 9.97 Å². The van der Waals surface area contributed by atoms with E-state index in [1.54, 1.807) is 25.3 Å². The lowest BCUT2D eigenvalue weighted by molar-refractivity contribution is 0.102. The summed E-state index contributed by atoms with van der Waals surface area (Å²) in [6.07, 6.45) is 1.26. The van der Waals surface area contributed by atoms with Crippen molar-refractivity contribution in [2.75, 3.05) is 26.6 Å². The lowest BCUT2D eigenvalue weighted by Crippen LogP contribution is -2.14. The number of amides is 1. The molecule has 0 unspecified atom stereocenters. The summed E-state index contributed by atoms with van der Waals surface area (Å²) in [5.41, 5.74) is 0.672. The summed E-state index contributed by atoms with van der Waals surface area (Å²) in [5.74, 6) is 1.03. The van der Waals surface area contributed by atoms with Crippen molar-refractivity contribution < 1.29 is 19.0 Å². The van der Waals surface area contributed by atoms with Crippen molar-refractivity contribution >= 4 is 11.6 Å². The standard InChI is InChI=1S/C14H15N3O4/c1-19-9-4-5-12(20-2)10(6-9)17-14(18)11-7-13(21-3)16-8-15-11/h4-8H,1-3H3,(H,17,18). The predicted octanol–water partition coefficient (Wildman–Crippen LogP) is 1.75. The molecule has 0 atom stereocenters. The summed E-state index contributed by atoms with van der Waals surface area (Å²) >= 11 is 0. The first-order valence-electron chi connectivity index (χ1n) is 6.07. The van der Waals surface area contributed by atoms with Crippen LogP contribution in [0.1, 0.15) is 10.5 Å². The second kappa shape index (κ2) is 6.56. The van der Waals surface area contributed by atoms with E-state index in [9.17, 15) is 4.79 Å². The van der Waals surface area contributed by atoms with Crippen LogP contribution in [0.5, 0.6) is 17.4 Å². The predicted molar refractivity (Wildman–Crippen MR) is 76.1 cm³/mol. The minimum Gasteiger partial charge on any atom is -0.497 e. The van der Waals surface area contributed by atoms with Crippen molar-refractivity contribution in [1.29, 1.82) is 0 Å². The number of hydrogen-bond acceptors (Lipinski definition) is 6. The van der Waals surface area contributed by atoms with Crippen LogP contribution in [-0.2, 0) is 0 Å². The average molecular weight is 289 g/mol. The molecule has 1 heterocycles. The first-order valence-corrected chi connectivity index (χ1v) is 6.07. The molecule has 1 amide bonds. The summed E-state index contributed by atoms with van der Waals surface area (Å²) in [7, 11) is 4.53. The van der Waals surface area contributed by atoms with Crippen molar-refractivity contribution in [3.05, 3.63) is 36.3 Å². The van der Waals surface area contributed by atoms with Crippen LogP contribution in [-0.4, -0.2) is 37.2 Å². The van der Waals surface area contributed by atoms with E-state index in [0.717, 1.165) is 0 Å². The molecule has 0 saturated heterocycles. The third-order valence-electron chi connectivity index (χ3n) is 2.74. The zero-order valence-corrected chi connectivity index (χ0v) is 11.9. The Kier molecular flexibility index (Phi) is 4.55. The van der Waals surface area contributed by atoms with Crippen molar-refractivity contribution in [2.24, 2.45) is 0 Å². The zero-order valence-electron chi connectivity index (χ0n) is 11.9. The van der Waals surface area contributed by atoms with Crippen LogP contribution in [0.4, 0.5) is 5.69 Å². The number of ether oxygens (including phenoxy) is 3. The molecule has 21 heavy (non-hydrogen) atoms. The molecule has 0 aliphatic heterocycles. The van der Waals surface area contributed by atoms with E-state index in [2.05, 4.69) is 15.3 Å². The van der Waals surface area contributed by atoms with Gasteiger partial charge in [-0.05, 0) is 12.1 Å². The van der Waals surface area contributed by atoms with Gasteiger partial charge in [0.25, 0.3) is 5.91 Å². The molecule has 7 nitrogen and oxygen atoms in total. The van der Waals surface area contributed by atoms with Crippen LogP contribution >= 0.6 is 0 Å². The molecule has 1 aromatic heterocycles. The van der Waals surface area contributed by atoms with Gasteiger partial charge in [0.2, 0.25) is 5.88 Å². The summed E-state index contributed by atoms with van der Waals surface area (Å²) in [4.78, 5) is 20.0. The normalized spacial score (nSPS) is 9.86. The minimum atomic E-state index is -0.401. The highest BCUT2D eigenvalue weighted by Gasteiger charge is 2.13. The minimum absolute atomic E-state index is 0.187. The number of rotatable bonds is 5. The summed E-state index contributed by atoms with van der Waals surface area (Å²) < 4.78 is 15.3. The van der Waals surface area contributed by atoms with Crippen LogP contribution < -0.4 is 19.5 Å². The lowest BCUT2D eigenvalue weighted by Gasteiger charge is -2.11. The van der Waals surface area contributed by atoms with Crippen LogP contribution in [0.2, 0.25) is 0 Å². The molecule has 1 aromatic carbocycles. The topological polar surface area (TPSA) is 82.6 Å². The molecule has 0 bridgehead atoms. The number of nitrogens with one attached hydrogen (secondary N) is 1. The number of hydrogen-bond donors (Lipinski definition) is 1. The van der Waals surface area contributed by atoms with Gasteiger partial charge in [-0.3, -0.25) is 4.79 Å². The largest absolute Gasteiger partial charge is 0.497 e. The van der Waals surface area contributed by atoms with E-state index in [1.165, 1.54) is 26.6 Å². The van der Waals surface area contributed by atoms with Crippen molar-refractivity contribution in [3.63, 3.8) is 0 Å². The Morgan fingerprint density at radius 2 is 1.86 bits per heavy atom. The molecule has 0 aliphatic carbocycles. The molecule has 2 aromatic rings. The fraction of sp³-hybridized carbons (Fsp3) is 0.214. The Bertz CT molecular complexity index is 646. The maximum atomic E-state index is 12.2. The molecular weight excluding hydrogens is 274 g/mol. The first kappa shape index (κ1) is 14.6. The Labute approximate surface area is 121 Å². The summed E-state index contributed by atoms with van der Waals surface area (Å²) in [5, 5.41) is 2.71. The van der Waals surface area contributed by atoms with Crippen LogP contribution in [0.25, 0.3) is 0 Å². The van der Waals surface area contributed by atoms with Crippen LogP contribution in [0, 0.1) is 0 Å². The fourth-order valence-electron chi connectivity index (χ4n) is 1.67. The zero-order chi connectivity index (χ0) is 15.2. The maximum Gasteiger partial charge on any atom is 0.274 e. The van der Waals surface area contributed by atoms with E-state index >= 15 is 0 Å². The van der Waals surface area contributed by atoms with Crippen molar-refractivity contribution in [3.8, 4) is 17.4 Å². The van der Waals surface area contributed by atoms with Gasteiger partial charge < -0.3 is 19.5 Å². The monoisotopic (exact) mass is 289 g/mol. The quantitative estimate of drug-likeness (QED) is 0.903. The third-order valence-corrected chi connectivity index (χ3v) is 2.74. The molecule has 2 rings (SSSR count). The molecule has 0 radical (unpaired) electrons. The lowest BCUT2D eigenvalue weighted by atomic mass is 10.2. The molecule has 1 N–H and O–H groups in total. The van der Waals surface area contributed by atoms with Gasteiger partial charge in [-0.1, -0.05) is 0 Å². The highest BCUT2D eigenvalue weighted by molar-refractivity contribution is 6.03. The van der Waals surface area contributed by atoms with E-state index < -0.39 is 5.91 Å². The second-order valence-electron chi connectivity index (χ2n) is 3.97. The number of aromatic nitrogens is 2. The first-order chi connectivity index (χ1) is 10.2. The van der Waals surface area contributed by atoms with Gasteiger partial charge in [0.15, 0.2) is 0 Å². The highest BCUT2D eigenvalue weighted by Crippen LogP contribution is 2.29. The fourth-order valence-corrected chi connectivity index (χ4v) is 1.67. The smallest absolute Gasteiger partial charge is 0.274 e. The van der Waals surface area contributed by atoms with Gasteiger partial charge in [-0.2, -0.15) is 0 Å². The van der Waals surface area contributed by atoms with E-state index in [4.69, 9.17) is 14.2 Å². The van der Waals surface area contributed by atoms with Crippen molar-refractivity contribution in [1.82, 2.24) is 9.97 Å². The summed E-state index contributed by atoms with van der Waals surface area (Å²) in [6, 6.07) is 6.55. The molecular formula is C14H15N3O4. The molecule has 110 valence electrons. The molecule has 0 spiro atoms. The number of benzene rings is 1. The number of carbonyl (C=O) groups excluding carboxylic acids is 1. The van der Waals surface area contributed by atoms with Gasteiger partial charge in [-0.15, -0.1) is 0 Å². The Balaban J connectivity index is 2.25.